The maximum absolute atomic E-state index is 12.2. The zero-order chi connectivity index (χ0) is 14.4. The Morgan fingerprint density at radius 2 is 2.20 bits per heavy atom. The summed E-state index contributed by atoms with van der Waals surface area (Å²) in [6, 6.07) is 7.48. The first kappa shape index (κ1) is 15.1. The number of nitrogens with zero attached hydrogens (tertiary/aromatic N) is 1. The number of halogens is 1. The van der Waals surface area contributed by atoms with Crippen LogP contribution in [0.3, 0.4) is 0 Å². The maximum atomic E-state index is 12.2. The lowest BCUT2D eigenvalue weighted by molar-refractivity contribution is -0.127. The molecule has 0 unspecified atom stereocenters. The normalized spacial score (nSPS) is 19.5. The fourth-order valence-electron chi connectivity index (χ4n) is 2.57. The van der Waals surface area contributed by atoms with Gasteiger partial charge in [-0.05, 0) is 56.1 Å². The van der Waals surface area contributed by atoms with Gasteiger partial charge in [0.15, 0.2) is 0 Å². The summed E-state index contributed by atoms with van der Waals surface area (Å²) in [6.45, 7) is 2.69. The summed E-state index contributed by atoms with van der Waals surface area (Å²) in [5, 5.41) is 3.90. The summed E-state index contributed by atoms with van der Waals surface area (Å²) in [5.41, 5.74) is 0.992. The van der Waals surface area contributed by atoms with Crippen LogP contribution in [0.15, 0.2) is 30.3 Å². The molecule has 1 amide bonds. The Kier molecular flexibility index (Phi) is 5.62. The quantitative estimate of drug-likeness (QED) is 0.866. The number of rotatable bonds is 4. The Balaban J connectivity index is 1.92. The van der Waals surface area contributed by atoms with Crippen LogP contribution in [0.1, 0.15) is 18.4 Å². The average Bonchev–Trinajstić information content (AvgIpc) is 2.47. The van der Waals surface area contributed by atoms with Crippen molar-refractivity contribution in [3.8, 4) is 0 Å². The van der Waals surface area contributed by atoms with Crippen LogP contribution >= 0.6 is 11.6 Å². The van der Waals surface area contributed by atoms with Crippen molar-refractivity contribution in [1.29, 1.82) is 0 Å². The van der Waals surface area contributed by atoms with Crippen LogP contribution in [-0.2, 0) is 4.79 Å². The van der Waals surface area contributed by atoms with Gasteiger partial charge in [0.05, 0.1) is 0 Å². The number of carbonyl (C=O) groups excluding carboxylic acids is 1. The van der Waals surface area contributed by atoms with Crippen LogP contribution in [0.25, 0.3) is 6.08 Å². The zero-order valence-corrected chi connectivity index (χ0v) is 12.6. The van der Waals surface area contributed by atoms with Gasteiger partial charge < -0.3 is 10.2 Å². The molecule has 1 aliphatic heterocycles. The summed E-state index contributed by atoms with van der Waals surface area (Å²) >= 11 is 5.84. The number of nitrogens with one attached hydrogen (secondary N) is 1. The topological polar surface area (TPSA) is 32.3 Å². The molecule has 0 spiro atoms. The van der Waals surface area contributed by atoms with E-state index < -0.39 is 0 Å². The largest absolute Gasteiger partial charge is 0.339 e. The maximum Gasteiger partial charge on any atom is 0.246 e. The zero-order valence-electron chi connectivity index (χ0n) is 11.8. The second-order valence-electron chi connectivity index (χ2n) is 5.24. The molecule has 0 radical (unpaired) electrons. The third-order valence-corrected chi connectivity index (χ3v) is 3.86. The number of hydrogen-bond acceptors (Lipinski definition) is 2. The van der Waals surface area contributed by atoms with Crippen LogP contribution in [-0.4, -0.2) is 37.5 Å². The molecule has 1 aliphatic rings. The molecule has 1 N–H and O–H groups in total. The molecule has 1 aromatic carbocycles. The summed E-state index contributed by atoms with van der Waals surface area (Å²) in [7, 11) is 1.96. The van der Waals surface area contributed by atoms with E-state index in [1.54, 1.807) is 6.08 Å². The summed E-state index contributed by atoms with van der Waals surface area (Å²) in [5.74, 6) is 0.669. The van der Waals surface area contributed by atoms with E-state index in [1.165, 1.54) is 6.42 Å². The van der Waals surface area contributed by atoms with Gasteiger partial charge >= 0.3 is 0 Å². The average molecular weight is 293 g/mol. The standard InChI is InChI=1S/C16H21ClN2O/c1-18-11-14-3-2-10-19(12-14)16(20)9-6-13-4-7-15(17)8-5-13/h4-9,14,18H,2-3,10-12H2,1H3/b9-6-/t14-/m0/s1. The minimum absolute atomic E-state index is 0.0979. The highest BCUT2D eigenvalue weighted by Crippen LogP contribution is 2.16. The summed E-state index contributed by atoms with van der Waals surface area (Å²) in [4.78, 5) is 14.1. The molecule has 1 aromatic rings. The Bertz CT molecular complexity index is 468. The van der Waals surface area contributed by atoms with Gasteiger partial charge in [-0.2, -0.15) is 0 Å². The van der Waals surface area contributed by atoms with Crippen molar-refractivity contribution < 1.29 is 4.79 Å². The molecule has 4 heteroatoms. The Morgan fingerprint density at radius 1 is 1.45 bits per heavy atom. The van der Waals surface area contributed by atoms with Gasteiger partial charge in [0.2, 0.25) is 5.91 Å². The molecule has 1 fully saturated rings. The molecule has 1 atom stereocenters. The van der Waals surface area contributed by atoms with Gasteiger partial charge in [0.25, 0.3) is 0 Å². The first-order valence-electron chi connectivity index (χ1n) is 7.06. The summed E-state index contributed by atoms with van der Waals surface area (Å²) in [6.07, 6.45) is 5.80. The smallest absolute Gasteiger partial charge is 0.246 e. The van der Waals surface area contributed by atoms with Gasteiger partial charge in [-0.25, -0.2) is 0 Å². The monoisotopic (exact) mass is 292 g/mol. The molecule has 0 bridgehead atoms. The van der Waals surface area contributed by atoms with E-state index in [9.17, 15) is 4.79 Å². The molecular weight excluding hydrogens is 272 g/mol. The van der Waals surface area contributed by atoms with Crippen molar-refractivity contribution in [3.05, 3.63) is 40.9 Å². The third-order valence-electron chi connectivity index (χ3n) is 3.61. The SMILES string of the molecule is CNC[C@@H]1CCCN(C(=O)/C=C\c2ccc(Cl)cc2)C1. The van der Waals surface area contributed by atoms with Gasteiger partial charge in [-0.3, -0.25) is 4.79 Å². The fraction of sp³-hybridized carbons (Fsp3) is 0.438. The van der Waals surface area contributed by atoms with Crippen molar-refractivity contribution >= 4 is 23.6 Å². The lowest BCUT2D eigenvalue weighted by Crippen LogP contribution is -2.41. The number of hydrogen-bond donors (Lipinski definition) is 1. The number of piperidine rings is 1. The van der Waals surface area contributed by atoms with Gasteiger partial charge in [0.1, 0.15) is 0 Å². The fourth-order valence-corrected chi connectivity index (χ4v) is 2.69. The number of benzene rings is 1. The van der Waals surface area contributed by atoms with Crippen molar-refractivity contribution in [2.45, 2.75) is 12.8 Å². The van der Waals surface area contributed by atoms with Crippen LogP contribution in [0.5, 0.6) is 0 Å². The van der Waals surface area contributed by atoms with Crippen LogP contribution in [0.4, 0.5) is 0 Å². The van der Waals surface area contributed by atoms with E-state index in [4.69, 9.17) is 11.6 Å². The highest BCUT2D eigenvalue weighted by atomic mass is 35.5. The second-order valence-corrected chi connectivity index (χ2v) is 5.67. The molecule has 1 heterocycles. The number of amides is 1. The Hall–Kier alpha value is -1.32. The van der Waals surface area contributed by atoms with Gasteiger partial charge in [-0.15, -0.1) is 0 Å². The number of carbonyl (C=O) groups is 1. The Labute approximate surface area is 125 Å². The lowest BCUT2D eigenvalue weighted by atomic mass is 9.98. The highest BCUT2D eigenvalue weighted by Gasteiger charge is 2.21. The minimum atomic E-state index is 0.0979. The summed E-state index contributed by atoms with van der Waals surface area (Å²) < 4.78 is 0. The van der Waals surface area contributed by atoms with Crippen molar-refractivity contribution in [1.82, 2.24) is 10.2 Å². The molecule has 20 heavy (non-hydrogen) atoms. The van der Waals surface area contributed by atoms with Gasteiger partial charge in [-0.1, -0.05) is 23.7 Å². The van der Waals surface area contributed by atoms with E-state index in [0.29, 0.717) is 10.9 Å². The molecule has 3 nitrogen and oxygen atoms in total. The predicted octanol–water partition coefficient (Wildman–Crippen LogP) is 2.81. The molecule has 108 valence electrons. The van der Waals surface area contributed by atoms with Crippen LogP contribution in [0.2, 0.25) is 5.02 Å². The Morgan fingerprint density at radius 3 is 2.90 bits per heavy atom. The molecular formula is C16H21ClN2O. The molecule has 0 aliphatic carbocycles. The van der Waals surface area contributed by atoms with Crippen molar-refractivity contribution in [3.63, 3.8) is 0 Å². The van der Waals surface area contributed by atoms with E-state index in [2.05, 4.69) is 5.32 Å². The van der Waals surface area contributed by atoms with Crippen molar-refractivity contribution in [2.75, 3.05) is 26.7 Å². The van der Waals surface area contributed by atoms with E-state index >= 15 is 0 Å². The van der Waals surface area contributed by atoms with E-state index in [0.717, 1.165) is 31.6 Å². The number of likely N-dealkylation sites (tertiary alicyclic amines) is 1. The first-order valence-corrected chi connectivity index (χ1v) is 7.44. The molecule has 0 aromatic heterocycles. The van der Waals surface area contributed by atoms with E-state index in [-0.39, 0.29) is 5.91 Å². The second kappa shape index (κ2) is 7.46. The van der Waals surface area contributed by atoms with E-state index in [1.807, 2.05) is 42.3 Å². The molecule has 0 saturated carbocycles. The van der Waals surface area contributed by atoms with Crippen LogP contribution < -0.4 is 5.32 Å². The minimum Gasteiger partial charge on any atom is -0.339 e. The van der Waals surface area contributed by atoms with Gasteiger partial charge in [0, 0.05) is 24.2 Å². The third kappa shape index (κ3) is 4.36. The van der Waals surface area contributed by atoms with Crippen LogP contribution in [0, 0.1) is 5.92 Å². The van der Waals surface area contributed by atoms with Crippen molar-refractivity contribution in [2.24, 2.45) is 5.92 Å². The molecule has 1 saturated heterocycles. The highest BCUT2D eigenvalue weighted by molar-refractivity contribution is 6.30. The first-order chi connectivity index (χ1) is 9.69. The lowest BCUT2D eigenvalue weighted by Gasteiger charge is -2.32. The molecule has 2 rings (SSSR count). The predicted molar refractivity (Wildman–Crippen MR) is 83.7 cm³/mol.